The maximum Gasteiger partial charge on any atom is 0.107 e. The van der Waals surface area contributed by atoms with E-state index < -0.39 is 0 Å². The molecule has 0 saturated heterocycles. The Morgan fingerprint density at radius 1 is 1.19 bits per heavy atom. The van der Waals surface area contributed by atoms with Crippen molar-refractivity contribution in [2.24, 2.45) is 7.05 Å². The first-order valence-corrected chi connectivity index (χ1v) is 6.06. The second-order valence-corrected chi connectivity index (χ2v) is 4.98. The van der Waals surface area contributed by atoms with E-state index in [4.69, 9.17) is 0 Å². The van der Waals surface area contributed by atoms with Gasteiger partial charge < -0.3 is 0 Å². The van der Waals surface area contributed by atoms with E-state index in [-0.39, 0.29) is 0 Å². The van der Waals surface area contributed by atoms with Crippen LogP contribution in [-0.4, -0.2) is 9.78 Å². The molecule has 2 aromatic rings. The highest BCUT2D eigenvalue weighted by atomic mass is 79.9. The van der Waals surface area contributed by atoms with Gasteiger partial charge in [-0.25, -0.2) is 0 Å². The Morgan fingerprint density at radius 2 is 1.88 bits per heavy atom. The molecule has 0 bridgehead atoms. The first kappa shape index (κ1) is 11.4. The third kappa shape index (κ3) is 1.80. The molecule has 0 fully saturated rings. The number of nitrogens with zero attached hydrogens (tertiary/aromatic N) is 2. The SMILES string of the molecule is Cc1ccc(C)c(-c2nn(C)c(C)c2Br)c1. The smallest absolute Gasteiger partial charge is 0.107 e. The number of aromatic nitrogens is 2. The van der Waals surface area contributed by atoms with Gasteiger partial charge in [-0.1, -0.05) is 17.7 Å². The van der Waals surface area contributed by atoms with Crippen LogP contribution in [0.1, 0.15) is 16.8 Å². The second kappa shape index (κ2) is 4.06. The van der Waals surface area contributed by atoms with Gasteiger partial charge in [0.1, 0.15) is 5.69 Å². The first-order valence-electron chi connectivity index (χ1n) is 5.27. The lowest BCUT2D eigenvalue weighted by molar-refractivity contribution is 0.742. The summed E-state index contributed by atoms with van der Waals surface area (Å²) in [7, 11) is 1.97. The fourth-order valence-electron chi connectivity index (χ4n) is 1.75. The average Bonchev–Trinajstić information content (AvgIpc) is 2.50. The van der Waals surface area contributed by atoms with Gasteiger partial charge in [0.2, 0.25) is 0 Å². The summed E-state index contributed by atoms with van der Waals surface area (Å²) >= 11 is 3.61. The molecule has 2 rings (SSSR count). The minimum atomic E-state index is 1.03. The van der Waals surface area contributed by atoms with Crippen LogP contribution in [0.2, 0.25) is 0 Å². The van der Waals surface area contributed by atoms with Crippen molar-refractivity contribution >= 4 is 15.9 Å². The molecule has 0 saturated carbocycles. The van der Waals surface area contributed by atoms with E-state index in [0.29, 0.717) is 0 Å². The Kier molecular flexibility index (Phi) is 2.89. The Labute approximate surface area is 104 Å². The van der Waals surface area contributed by atoms with Gasteiger partial charge in [-0.2, -0.15) is 5.10 Å². The molecule has 0 aliphatic carbocycles. The zero-order chi connectivity index (χ0) is 11.9. The summed E-state index contributed by atoms with van der Waals surface area (Å²) in [5, 5.41) is 4.55. The van der Waals surface area contributed by atoms with Gasteiger partial charge in [0.15, 0.2) is 0 Å². The molecule has 0 spiro atoms. The molecule has 1 aromatic carbocycles. The van der Waals surface area contributed by atoms with Crippen molar-refractivity contribution in [3.8, 4) is 11.3 Å². The van der Waals surface area contributed by atoms with E-state index in [1.54, 1.807) is 0 Å². The summed E-state index contributed by atoms with van der Waals surface area (Å²) in [5.74, 6) is 0. The number of halogens is 1. The van der Waals surface area contributed by atoms with Crippen LogP contribution in [0.3, 0.4) is 0 Å². The third-order valence-corrected chi connectivity index (χ3v) is 3.86. The topological polar surface area (TPSA) is 17.8 Å². The van der Waals surface area contributed by atoms with Crippen LogP contribution in [0.4, 0.5) is 0 Å². The van der Waals surface area contributed by atoms with Crippen LogP contribution in [0, 0.1) is 20.8 Å². The summed E-state index contributed by atoms with van der Waals surface area (Å²) in [6, 6.07) is 6.45. The van der Waals surface area contributed by atoms with Crippen LogP contribution in [0.25, 0.3) is 11.3 Å². The Bertz CT molecular complexity index is 541. The van der Waals surface area contributed by atoms with Gasteiger partial charge >= 0.3 is 0 Å². The lowest BCUT2D eigenvalue weighted by Crippen LogP contribution is -1.93. The van der Waals surface area contributed by atoms with Gasteiger partial charge in [-0.3, -0.25) is 4.68 Å². The molecule has 1 heterocycles. The molecule has 0 aliphatic heterocycles. The molecule has 0 N–H and O–H groups in total. The number of aryl methyl sites for hydroxylation is 3. The number of hydrogen-bond acceptors (Lipinski definition) is 1. The predicted molar refractivity (Wildman–Crippen MR) is 70.6 cm³/mol. The molecule has 3 heteroatoms. The lowest BCUT2D eigenvalue weighted by Gasteiger charge is -2.04. The van der Waals surface area contributed by atoms with Crippen molar-refractivity contribution in [1.29, 1.82) is 0 Å². The Balaban J connectivity index is 2.67. The second-order valence-electron chi connectivity index (χ2n) is 4.19. The van der Waals surface area contributed by atoms with Gasteiger partial charge in [0.25, 0.3) is 0 Å². The van der Waals surface area contributed by atoms with Crippen LogP contribution in [0.15, 0.2) is 22.7 Å². The zero-order valence-corrected chi connectivity index (χ0v) is 11.6. The van der Waals surface area contributed by atoms with E-state index in [2.05, 4.69) is 60.0 Å². The van der Waals surface area contributed by atoms with Crippen molar-refractivity contribution in [3.05, 3.63) is 39.5 Å². The summed E-state index contributed by atoms with van der Waals surface area (Å²) < 4.78 is 2.99. The molecule has 84 valence electrons. The number of hydrogen-bond donors (Lipinski definition) is 0. The van der Waals surface area contributed by atoms with Crippen LogP contribution >= 0.6 is 15.9 Å². The van der Waals surface area contributed by atoms with Crippen molar-refractivity contribution in [1.82, 2.24) is 9.78 Å². The monoisotopic (exact) mass is 278 g/mol. The normalized spacial score (nSPS) is 10.8. The maximum atomic E-state index is 4.55. The van der Waals surface area contributed by atoms with E-state index in [0.717, 1.165) is 15.9 Å². The predicted octanol–water partition coefficient (Wildman–Crippen LogP) is 3.77. The summed E-state index contributed by atoms with van der Waals surface area (Å²) in [6.45, 7) is 6.28. The number of benzene rings is 1. The van der Waals surface area contributed by atoms with Crippen molar-refractivity contribution in [3.63, 3.8) is 0 Å². The quantitative estimate of drug-likeness (QED) is 0.777. The fraction of sp³-hybridized carbons (Fsp3) is 0.308. The fourth-order valence-corrected chi connectivity index (χ4v) is 2.29. The maximum absolute atomic E-state index is 4.55. The van der Waals surface area contributed by atoms with Gasteiger partial charge in [-0.15, -0.1) is 0 Å². The number of rotatable bonds is 1. The van der Waals surface area contributed by atoms with Crippen LogP contribution in [-0.2, 0) is 7.05 Å². The Morgan fingerprint density at radius 3 is 2.44 bits per heavy atom. The van der Waals surface area contributed by atoms with Crippen LogP contribution in [0.5, 0.6) is 0 Å². The molecule has 0 atom stereocenters. The summed E-state index contributed by atoms with van der Waals surface area (Å²) in [4.78, 5) is 0. The van der Waals surface area contributed by atoms with Crippen molar-refractivity contribution < 1.29 is 0 Å². The Hall–Kier alpha value is -1.09. The van der Waals surface area contributed by atoms with E-state index in [1.165, 1.54) is 16.7 Å². The minimum Gasteiger partial charge on any atom is -0.271 e. The standard InChI is InChI=1S/C13H15BrN2/c1-8-5-6-9(2)11(7-8)13-12(14)10(3)16(4)15-13/h5-7H,1-4H3. The highest BCUT2D eigenvalue weighted by molar-refractivity contribution is 9.10. The molecule has 16 heavy (non-hydrogen) atoms. The van der Waals surface area contributed by atoms with E-state index in [9.17, 15) is 0 Å². The van der Waals surface area contributed by atoms with Gasteiger partial charge in [0.05, 0.1) is 4.47 Å². The van der Waals surface area contributed by atoms with Gasteiger partial charge in [-0.05, 0) is 48.3 Å². The molecule has 0 aliphatic rings. The first-order chi connectivity index (χ1) is 7.50. The largest absolute Gasteiger partial charge is 0.271 e. The molecular weight excluding hydrogens is 264 g/mol. The highest BCUT2D eigenvalue weighted by Gasteiger charge is 2.13. The molecule has 0 amide bonds. The highest BCUT2D eigenvalue weighted by Crippen LogP contribution is 2.32. The van der Waals surface area contributed by atoms with E-state index >= 15 is 0 Å². The van der Waals surface area contributed by atoms with Crippen LogP contribution < -0.4 is 0 Å². The summed E-state index contributed by atoms with van der Waals surface area (Å²) in [6.07, 6.45) is 0. The third-order valence-electron chi connectivity index (χ3n) is 2.91. The average molecular weight is 279 g/mol. The minimum absolute atomic E-state index is 1.03. The van der Waals surface area contributed by atoms with Gasteiger partial charge in [0, 0.05) is 18.3 Å². The molecule has 2 nitrogen and oxygen atoms in total. The molecule has 0 radical (unpaired) electrons. The van der Waals surface area contributed by atoms with E-state index in [1.807, 2.05) is 11.7 Å². The zero-order valence-electron chi connectivity index (χ0n) is 10.0. The van der Waals surface area contributed by atoms with Crippen molar-refractivity contribution in [2.45, 2.75) is 20.8 Å². The molecule has 0 unspecified atom stereocenters. The summed E-state index contributed by atoms with van der Waals surface area (Å²) in [5.41, 5.74) is 5.90. The van der Waals surface area contributed by atoms with Crippen molar-refractivity contribution in [2.75, 3.05) is 0 Å². The lowest BCUT2D eigenvalue weighted by atomic mass is 10.0. The molecule has 1 aromatic heterocycles. The molecular formula is C13H15BrN2.